The van der Waals surface area contributed by atoms with Crippen molar-refractivity contribution in [2.75, 3.05) is 13.6 Å². The fraction of sp³-hybridized carbons (Fsp3) is 0.353. The van der Waals surface area contributed by atoms with Crippen LogP contribution in [0.15, 0.2) is 35.8 Å². The number of fused-ring (bicyclic) bond motifs is 1. The summed E-state index contributed by atoms with van der Waals surface area (Å²) in [6.45, 7) is 3.98. The van der Waals surface area contributed by atoms with Gasteiger partial charge in [0, 0.05) is 22.5 Å². The average Bonchev–Trinajstić information content (AvgIpc) is 3.05. The molecule has 0 aliphatic rings. The maximum absolute atomic E-state index is 4.59. The Kier molecular flexibility index (Phi) is 4.36. The number of hydrogen-bond acceptors (Lipinski definition) is 3. The van der Waals surface area contributed by atoms with E-state index >= 15 is 0 Å². The maximum atomic E-state index is 4.59. The number of thiazole rings is 1. The molecule has 0 bridgehead atoms. The van der Waals surface area contributed by atoms with Gasteiger partial charge in [0.1, 0.15) is 0 Å². The van der Waals surface area contributed by atoms with Crippen LogP contribution in [0.25, 0.3) is 10.9 Å². The number of benzene rings is 1. The highest BCUT2D eigenvalue weighted by molar-refractivity contribution is 7.09. The molecule has 2 aromatic heterocycles. The van der Waals surface area contributed by atoms with Crippen LogP contribution < -0.4 is 5.32 Å². The molecule has 0 saturated heterocycles. The number of rotatable bonds is 6. The van der Waals surface area contributed by atoms with Gasteiger partial charge in [-0.25, -0.2) is 4.98 Å². The Labute approximate surface area is 129 Å². The summed E-state index contributed by atoms with van der Waals surface area (Å²) in [6.07, 6.45) is 4.58. The molecule has 0 unspecified atom stereocenters. The van der Waals surface area contributed by atoms with Crippen molar-refractivity contribution in [3.63, 3.8) is 0 Å². The van der Waals surface area contributed by atoms with Gasteiger partial charge in [-0.1, -0.05) is 18.2 Å². The largest absolute Gasteiger partial charge is 0.341 e. The Morgan fingerprint density at radius 2 is 2.14 bits per heavy atom. The summed E-state index contributed by atoms with van der Waals surface area (Å²) in [6, 6.07) is 8.67. The first kappa shape index (κ1) is 14.3. The zero-order valence-corrected chi connectivity index (χ0v) is 13.4. The van der Waals surface area contributed by atoms with Gasteiger partial charge in [0.2, 0.25) is 0 Å². The molecule has 0 radical (unpaired) electrons. The topological polar surface area (TPSA) is 29.9 Å². The first-order valence-corrected chi connectivity index (χ1v) is 8.28. The molecule has 110 valence electrons. The minimum Gasteiger partial charge on any atom is -0.341 e. The fourth-order valence-electron chi connectivity index (χ4n) is 2.76. The molecular formula is C17H21N3S. The Hall–Kier alpha value is -1.65. The van der Waals surface area contributed by atoms with Gasteiger partial charge in [0.25, 0.3) is 0 Å². The predicted octanol–water partition coefficient (Wildman–Crippen LogP) is 3.61. The average molecular weight is 299 g/mol. The van der Waals surface area contributed by atoms with Crippen molar-refractivity contribution >= 4 is 22.2 Å². The smallest absolute Gasteiger partial charge is 0.0898 e. The van der Waals surface area contributed by atoms with Gasteiger partial charge in [-0.3, -0.25) is 0 Å². The highest BCUT2D eigenvalue weighted by Gasteiger charge is 2.09. The third-order valence-electron chi connectivity index (χ3n) is 3.74. The van der Waals surface area contributed by atoms with Crippen molar-refractivity contribution in [1.82, 2.24) is 14.9 Å². The van der Waals surface area contributed by atoms with E-state index in [1.807, 2.05) is 7.05 Å². The zero-order chi connectivity index (χ0) is 14.7. The van der Waals surface area contributed by atoms with Gasteiger partial charge in [-0.05, 0) is 45.0 Å². The number of para-hydroxylation sites is 1. The van der Waals surface area contributed by atoms with Crippen molar-refractivity contribution in [2.24, 2.45) is 0 Å². The highest BCUT2D eigenvalue weighted by Crippen LogP contribution is 2.23. The van der Waals surface area contributed by atoms with Gasteiger partial charge in [-0.15, -0.1) is 11.3 Å². The number of aromatic nitrogens is 2. The molecule has 21 heavy (non-hydrogen) atoms. The SMILES string of the molecule is CNCCCc1cn(Cc2csc(C)n2)c2ccccc12. The van der Waals surface area contributed by atoms with Gasteiger partial charge >= 0.3 is 0 Å². The molecule has 0 spiro atoms. The molecule has 4 heteroatoms. The van der Waals surface area contributed by atoms with Gasteiger partial charge in [0.05, 0.1) is 17.2 Å². The molecule has 0 saturated carbocycles. The summed E-state index contributed by atoms with van der Waals surface area (Å²) in [5.74, 6) is 0. The van der Waals surface area contributed by atoms with Crippen LogP contribution in [0.4, 0.5) is 0 Å². The summed E-state index contributed by atoms with van der Waals surface area (Å²) >= 11 is 1.72. The number of nitrogens with zero attached hydrogens (tertiary/aromatic N) is 2. The standard InChI is InChI=1S/C17H21N3S/c1-13-19-15(12-21-13)11-20-10-14(6-5-9-18-2)16-7-3-4-8-17(16)20/h3-4,7-8,10,12,18H,5-6,9,11H2,1-2H3. The molecule has 2 heterocycles. The minimum atomic E-state index is 0.858. The lowest BCUT2D eigenvalue weighted by Gasteiger charge is -2.02. The van der Waals surface area contributed by atoms with Crippen molar-refractivity contribution in [3.8, 4) is 0 Å². The molecule has 0 atom stereocenters. The molecule has 1 aromatic carbocycles. The third-order valence-corrected chi connectivity index (χ3v) is 4.57. The second-order valence-corrected chi connectivity index (χ2v) is 6.43. The number of nitrogens with one attached hydrogen (secondary N) is 1. The van der Waals surface area contributed by atoms with E-state index in [0.717, 1.165) is 30.2 Å². The zero-order valence-electron chi connectivity index (χ0n) is 12.6. The van der Waals surface area contributed by atoms with Crippen molar-refractivity contribution in [3.05, 3.63) is 52.1 Å². The first-order chi connectivity index (χ1) is 10.3. The lowest BCUT2D eigenvalue weighted by atomic mass is 10.1. The monoisotopic (exact) mass is 299 g/mol. The Bertz CT molecular complexity index is 727. The van der Waals surface area contributed by atoms with E-state index in [4.69, 9.17) is 0 Å². The number of hydrogen-bond donors (Lipinski definition) is 1. The van der Waals surface area contributed by atoms with E-state index in [2.05, 4.69) is 57.6 Å². The van der Waals surface area contributed by atoms with Crippen molar-refractivity contribution < 1.29 is 0 Å². The van der Waals surface area contributed by atoms with E-state index in [1.54, 1.807) is 11.3 Å². The highest BCUT2D eigenvalue weighted by atomic mass is 32.1. The molecule has 3 nitrogen and oxygen atoms in total. The van der Waals surface area contributed by atoms with Crippen LogP contribution >= 0.6 is 11.3 Å². The summed E-state index contributed by atoms with van der Waals surface area (Å²) < 4.78 is 2.33. The van der Waals surface area contributed by atoms with Gasteiger partial charge in [0.15, 0.2) is 0 Å². The summed E-state index contributed by atoms with van der Waals surface area (Å²) in [5, 5.41) is 7.89. The molecule has 1 N–H and O–H groups in total. The minimum absolute atomic E-state index is 0.858. The lowest BCUT2D eigenvalue weighted by Crippen LogP contribution is -2.08. The molecule has 3 aromatic rings. The lowest BCUT2D eigenvalue weighted by molar-refractivity contribution is 0.722. The molecule has 0 amide bonds. The van der Waals surface area contributed by atoms with Crippen LogP contribution in [0, 0.1) is 6.92 Å². The molecule has 0 aliphatic heterocycles. The second kappa shape index (κ2) is 6.41. The van der Waals surface area contributed by atoms with Crippen LogP contribution in [-0.4, -0.2) is 23.1 Å². The molecule has 3 rings (SSSR count). The van der Waals surface area contributed by atoms with Crippen LogP contribution in [0.5, 0.6) is 0 Å². The van der Waals surface area contributed by atoms with E-state index in [-0.39, 0.29) is 0 Å². The maximum Gasteiger partial charge on any atom is 0.0898 e. The van der Waals surface area contributed by atoms with E-state index < -0.39 is 0 Å². The third kappa shape index (κ3) is 3.17. The second-order valence-electron chi connectivity index (χ2n) is 5.36. The van der Waals surface area contributed by atoms with Crippen LogP contribution in [0.1, 0.15) is 22.7 Å². The van der Waals surface area contributed by atoms with E-state index in [9.17, 15) is 0 Å². The predicted molar refractivity (Wildman–Crippen MR) is 90.1 cm³/mol. The summed E-state index contributed by atoms with van der Waals surface area (Å²) in [5.41, 5.74) is 3.90. The molecule has 0 fully saturated rings. The summed E-state index contributed by atoms with van der Waals surface area (Å²) in [7, 11) is 2.01. The molecule has 0 aliphatic carbocycles. The van der Waals surface area contributed by atoms with Crippen LogP contribution in [-0.2, 0) is 13.0 Å². The van der Waals surface area contributed by atoms with E-state index in [1.165, 1.54) is 22.9 Å². The quantitative estimate of drug-likeness (QED) is 0.705. The Morgan fingerprint density at radius 1 is 1.29 bits per heavy atom. The van der Waals surface area contributed by atoms with Gasteiger partial charge in [-0.2, -0.15) is 0 Å². The normalized spacial score (nSPS) is 11.3. The van der Waals surface area contributed by atoms with Crippen molar-refractivity contribution in [2.45, 2.75) is 26.3 Å². The van der Waals surface area contributed by atoms with Crippen molar-refractivity contribution in [1.29, 1.82) is 0 Å². The van der Waals surface area contributed by atoms with Crippen LogP contribution in [0.2, 0.25) is 0 Å². The Balaban J connectivity index is 1.90. The van der Waals surface area contributed by atoms with Gasteiger partial charge < -0.3 is 9.88 Å². The van der Waals surface area contributed by atoms with E-state index in [0.29, 0.717) is 0 Å². The first-order valence-electron chi connectivity index (χ1n) is 7.40. The number of aryl methyl sites for hydroxylation is 2. The summed E-state index contributed by atoms with van der Waals surface area (Å²) in [4.78, 5) is 4.59. The molecular weight excluding hydrogens is 278 g/mol. The van der Waals surface area contributed by atoms with Crippen LogP contribution in [0.3, 0.4) is 0 Å². The Morgan fingerprint density at radius 3 is 2.90 bits per heavy atom. The fourth-order valence-corrected chi connectivity index (χ4v) is 3.37.